The molecule has 1 atom stereocenters. The molecule has 1 aromatic carbocycles. The molecule has 4 heteroatoms. The van der Waals surface area contributed by atoms with Crippen LogP contribution in [0.5, 0.6) is 0 Å². The molecule has 13 heavy (non-hydrogen) atoms. The second-order valence-electron chi connectivity index (χ2n) is 2.62. The molecule has 0 aliphatic carbocycles. The van der Waals surface area contributed by atoms with Crippen LogP contribution in [0.15, 0.2) is 22.7 Å². The Hall–Kier alpha value is -0.720. The number of halogens is 2. The van der Waals surface area contributed by atoms with Crippen molar-refractivity contribution in [2.24, 2.45) is 0 Å². The molecule has 0 spiro atoms. The number of benzene rings is 1. The van der Waals surface area contributed by atoms with E-state index in [1.165, 1.54) is 0 Å². The van der Waals surface area contributed by atoms with Crippen LogP contribution in [-0.4, -0.2) is 6.04 Å². The predicted octanol–water partition coefficient (Wildman–Crippen LogP) is 3.43. The zero-order valence-corrected chi connectivity index (χ0v) is 9.35. The summed E-state index contributed by atoms with van der Waals surface area (Å²) < 4.78 is 0.823. The van der Waals surface area contributed by atoms with Gasteiger partial charge in [0.1, 0.15) is 6.04 Å². The average Bonchev–Trinajstić information content (AvgIpc) is 2.11. The van der Waals surface area contributed by atoms with E-state index in [2.05, 4.69) is 27.3 Å². The lowest BCUT2D eigenvalue weighted by molar-refractivity contribution is 1.01. The summed E-state index contributed by atoms with van der Waals surface area (Å²) in [6.07, 6.45) is 0. The van der Waals surface area contributed by atoms with Gasteiger partial charge >= 0.3 is 0 Å². The Morgan fingerprint density at radius 3 is 2.85 bits per heavy atom. The van der Waals surface area contributed by atoms with Gasteiger partial charge in [-0.1, -0.05) is 11.6 Å². The summed E-state index contributed by atoms with van der Waals surface area (Å²) in [7, 11) is 0. The molecule has 1 unspecified atom stereocenters. The lowest BCUT2D eigenvalue weighted by atomic mass is 10.3. The average molecular weight is 260 g/mol. The van der Waals surface area contributed by atoms with Crippen molar-refractivity contribution in [3.63, 3.8) is 0 Å². The number of hydrogen-bond donors (Lipinski definition) is 1. The fourth-order valence-electron chi connectivity index (χ4n) is 0.868. The Balaban J connectivity index is 2.81. The van der Waals surface area contributed by atoms with Crippen molar-refractivity contribution in [2.75, 3.05) is 5.32 Å². The van der Waals surface area contributed by atoms with Crippen molar-refractivity contribution in [1.29, 1.82) is 5.26 Å². The number of hydrogen-bond acceptors (Lipinski definition) is 2. The van der Waals surface area contributed by atoms with Gasteiger partial charge in [-0.15, -0.1) is 0 Å². The first-order valence-corrected chi connectivity index (χ1v) is 4.92. The number of nitrogens with one attached hydrogen (secondary N) is 1. The molecule has 1 aromatic rings. The molecule has 1 rings (SSSR count). The van der Waals surface area contributed by atoms with Crippen LogP contribution >= 0.6 is 27.5 Å². The fraction of sp³-hybridized carbons (Fsp3) is 0.222. The lowest BCUT2D eigenvalue weighted by Gasteiger charge is -2.08. The maximum Gasteiger partial charge on any atom is 0.111 e. The first-order chi connectivity index (χ1) is 6.13. The van der Waals surface area contributed by atoms with Crippen LogP contribution in [0.2, 0.25) is 5.02 Å². The molecule has 68 valence electrons. The van der Waals surface area contributed by atoms with Gasteiger partial charge in [0.25, 0.3) is 0 Å². The first kappa shape index (κ1) is 10.4. The smallest absolute Gasteiger partial charge is 0.111 e. The monoisotopic (exact) mass is 258 g/mol. The molecule has 0 aromatic heterocycles. The summed E-state index contributed by atoms with van der Waals surface area (Å²) in [6, 6.07) is 7.34. The van der Waals surface area contributed by atoms with Crippen molar-refractivity contribution in [1.82, 2.24) is 0 Å². The number of nitrogens with zero attached hydrogens (tertiary/aromatic N) is 1. The van der Waals surface area contributed by atoms with Crippen LogP contribution in [0.4, 0.5) is 5.69 Å². The van der Waals surface area contributed by atoms with E-state index in [4.69, 9.17) is 16.9 Å². The van der Waals surface area contributed by atoms with Crippen molar-refractivity contribution < 1.29 is 0 Å². The van der Waals surface area contributed by atoms with Gasteiger partial charge < -0.3 is 5.32 Å². The zero-order chi connectivity index (χ0) is 9.84. The van der Waals surface area contributed by atoms with E-state index in [1.807, 2.05) is 12.1 Å². The Kier molecular flexibility index (Phi) is 3.58. The van der Waals surface area contributed by atoms with Gasteiger partial charge in [-0.25, -0.2) is 0 Å². The maximum atomic E-state index is 8.57. The molecule has 0 aliphatic heterocycles. The molecule has 0 fully saturated rings. The van der Waals surface area contributed by atoms with E-state index in [-0.39, 0.29) is 6.04 Å². The van der Waals surface area contributed by atoms with Gasteiger partial charge in [-0.05, 0) is 41.1 Å². The van der Waals surface area contributed by atoms with E-state index in [1.54, 1.807) is 13.0 Å². The maximum absolute atomic E-state index is 8.57. The van der Waals surface area contributed by atoms with E-state index in [0.29, 0.717) is 5.02 Å². The minimum atomic E-state index is -0.201. The summed E-state index contributed by atoms with van der Waals surface area (Å²) in [6.45, 7) is 1.79. The minimum absolute atomic E-state index is 0.201. The standard InChI is InChI=1S/C9H8BrClN2/c1-6(5-12)13-7-2-3-9(11)8(10)4-7/h2-4,6,13H,1H3. The SMILES string of the molecule is CC(C#N)Nc1ccc(Cl)c(Br)c1. The third kappa shape index (κ3) is 2.91. The number of nitriles is 1. The molecule has 2 nitrogen and oxygen atoms in total. The molecule has 0 heterocycles. The summed E-state index contributed by atoms with van der Waals surface area (Å²) in [5.41, 5.74) is 0.880. The molecule has 0 aliphatic rings. The Morgan fingerprint density at radius 2 is 2.31 bits per heavy atom. The number of rotatable bonds is 2. The van der Waals surface area contributed by atoms with Crippen LogP contribution in [-0.2, 0) is 0 Å². The molecule has 0 radical (unpaired) electrons. The van der Waals surface area contributed by atoms with Gasteiger partial charge in [-0.3, -0.25) is 0 Å². The van der Waals surface area contributed by atoms with Gasteiger partial charge in [0.2, 0.25) is 0 Å². The van der Waals surface area contributed by atoms with Gasteiger partial charge in [0.15, 0.2) is 0 Å². The van der Waals surface area contributed by atoms with E-state index in [9.17, 15) is 0 Å². The largest absolute Gasteiger partial charge is 0.370 e. The van der Waals surface area contributed by atoms with Gasteiger partial charge in [0, 0.05) is 10.2 Å². The first-order valence-electron chi connectivity index (χ1n) is 3.74. The molecular formula is C9H8BrClN2. The quantitative estimate of drug-likeness (QED) is 0.883. The van der Waals surface area contributed by atoms with Crippen molar-refractivity contribution in [3.8, 4) is 6.07 Å². The number of anilines is 1. The second kappa shape index (κ2) is 4.50. The Labute approximate surface area is 90.6 Å². The van der Waals surface area contributed by atoms with E-state index in [0.717, 1.165) is 10.2 Å². The van der Waals surface area contributed by atoms with Crippen LogP contribution in [0.3, 0.4) is 0 Å². The molecule has 1 N–H and O–H groups in total. The Morgan fingerprint density at radius 1 is 1.62 bits per heavy atom. The topological polar surface area (TPSA) is 35.8 Å². The van der Waals surface area contributed by atoms with Gasteiger partial charge in [0.05, 0.1) is 11.1 Å². The highest BCUT2D eigenvalue weighted by Gasteiger charge is 2.01. The second-order valence-corrected chi connectivity index (χ2v) is 3.89. The summed E-state index contributed by atoms with van der Waals surface area (Å²) >= 11 is 9.11. The van der Waals surface area contributed by atoms with Gasteiger partial charge in [-0.2, -0.15) is 5.26 Å². The fourth-order valence-corrected chi connectivity index (χ4v) is 1.36. The van der Waals surface area contributed by atoms with Crippen LogP contribution in [0.25, 0.3) is 0 Å². The van der Waals surface area contributed by atoms with Crippen LogP contribution in [0.1, 0.15) is 6.92 Å². The zero-order valence-electron chi connectivity index (χ0n) is 7.01. The predicted molar refractivity (Wildman–Crippen MR) is 57.8 cm³/mol. The van der Waals surface area contributed by atoms with Crippen LogP contribution in [0, 0.1) is 11.3 Å². The molecular weight excluding hydrogens is 251 g/mol. The van der Waals surface area contributed by atoms with E-state index < -0.39 is 0 Å². The van der Waals surface area contributed by atoms with E-state index >= 15 is 0 Å². The van der Waals surface area contributed by atoms with Crippen molar-refractivity contribution in [2.45, 2.75) is 13.0 Å². The third-order valence-electron chi connectivity index (χ3n) is 1.50. The highest BCUT2D eigenvalue weighted by molar-refractivity contribution is 9.10. The summed E-state index contributed by atoms with van der Waals surface area (Å²) in [4.78, 5) is 0. The summed E-state index contributed by atoms with van der Waals surface area (Å²) in [5, 5.41) is 12.2. The van der Waals surface area contributed by atoms with Crippen molar-refractivity contribution in [3.05, 3.63) is 27.7 Å². The van der Waals surface area contributed by atoms with Crippen LogP contribution < -0.4 is 5.32 Å². The Bertz CT molecular complexity index is 346. The minimum Gasteiger partial charge on any atom is -0.370 e. The highest BCUT2D eigenvalue weighted by Crippen LogP contribution is 2.25. The van der Waals surface area contributed by atoms with Crippen molar-refractivity contribution >= 4 is 33.2 Å². The molecule has 0 saturated heterocycles. The third-order valence-corrected chi connectivity index (χ3v) is 2.71. The normalized spacial score (nSPS) is 11.8. The summed E-state index contributed by atoms with van der Waals surface area (Å²) in [5.74, 6) is 0. The lowest BCUT2D eigenvalue weighted by Crippen LogP contribution is -2.11. The molecule has 0 amide bonds. The molecule has 0 bridgehead atoms. The highest BCUT2D eigenvalue weighted by atomic mass is 79.9. The molecule has 0 saturated carbocycles.